The van der Waals surface area contributed by atoms with Crippen molar-refractivity contribution in [3.05, 3.63) is 34.3 Å². The molecular weight excluding hydrogens is 286 g/mol. The zero-order chi connectivity index (χ0) is 11.4. The second-order valence-corrected chi connectivity index (χ2v) is 5.73. The maximum absolute atomic E-state index is 5.88. The molecule has 0 amide bonds. The molecule has 0 spiro atoms. The van der Waals surface area contributed by atoms with Gasteiger partial charge in [-0.1, -0.05) is 28.1 Å². The van der Waals surface area contributed by atoms with E-state index in [0.29, 0.717) is 0 Å². The number of piperidine rings is 1. The second kappa shape index (κ2) is 6.04. The van der Waals surface area contributed by atoms with Crippen LogP contribution in [0.4, 0.5) is 0 Å². The highest BCUT2D eigenvalue weighted by atomic mass is 79.9. The number of benzene rings is 1. The van der Waals surface area contributed by atoms with E-state index in [9.17, 15) is 0 Å². The van der Waals surface area contributed by atoms with Crippen molar-refractivity contribution < 1.29 is 0 Å². The molecule has 0 bridgehead atoms. The van der Waals surface area contributed by atoms with Crippen LogP contribution in [-0.4, -0.2) is 23.9 Å². The fourth-order valence-electron chi connectivity index (χ4n) is 2.19. The zero-order valence-corrected chi connectivity index (χ0v) is 11.7. The fraction of sp³-hybridized carbons (Fsp3) is 0.538. The second-order valence-electron chi connectivity index (χ2n) is 4.50. The van der Waals surface area contributed by atoms with Crippen LogP contribution in [-0.2, 0) is 6.54 Å². The standard InChI is InChI=1S/C13H17BrClN/c14-13-3-1-2-12(8-13)10-16-6-4-11(9-15)5-7-16/h1-3,8,11H,4-7,9-10H2. The molecule has 0 unspecified atom stereocenters. The molecule has 3 heteroatoms. The van der Waals surface area contributed by atoms with Crippen molar-refractivity contribution in [2.75, 3.05) is 19.0 Å². The highest BCUT2D eigenvalue weighted by molar-refractivity contribution is 9.10. The molecule has 0 N–H and O–H groups in total. The number of nitrogens with zero attached hydrogens (tertiary/aromatic N) is 1. The van der Waals surface area contributed by atoms with Gasteiger partial charge in [0.2, 0.25) is 0 Å². The summed E-state index contributed by atoms with van der Waals surface area (Å²) >= 11 is 9.40. The van der Waals surface area contributed by atoms with E-state index < -0.39 is 0 Å². The van der Waals surface area contributed by atoms with Crippen LogP contribution in [0.25, 0.3) is 0 Å². The Morgan fingerprint density at radius 3 is 2.69 bits per heavy atom. The van der Waals surface area contributed by atoms with Crippen molar-refractivity contribution >= 4 is 27.5 Å². The molecule has 0 aromatic heterocycles. The molecule has 0 saturated carbocycles. The first-order valence-corrected chi connectivity index (χ1v) is 7.13. The molecule has 16 heavy (non-hydrogen) atoms. The highest BCUT2D eigenvalue weighted by Crippen LogP contribution is 2.20. The summed E-state index contributed by atoms with van der Waals surface area (Å²) in [6.07, 6.45) is 2.50. The largest absolute Gasteiger partial charge is 0.299 e. The first kappa shape index (κ1) is 12.4. The summed E-state index contributed by atoms with van der Waals surface area (Å²) < 4.78 is 1.17. The third kappa shape index (κ3) is 3.47. The SMILES string of the molecule is ClCC1CCN(Cc2cccc(Br)c2)CC1. The van der Waals surface area contributed by atoms with E-state index in [1.807, 2.05) is 0 Å². The Labute approximate surface area is 111 Å². The van der Waals surface area contributed by atoms with Crippen LogP contribution in [0.5, 0.6) is 0 Å². The van der Waals surface area contributed by atoms with Gasteiger partial charge in [-0.3, -0.25) is 4.90 Å². The molecule has 1 heterocycles. The molecule has 88 valence electrons. The highest BCUT2D eigenvalue weighted by Gasteiger charge is 2.18. The van der Waals surface area contributed by atoms with E-state index >= 15 is 0 Å². The van der Waals surface area contributed by atoms with Gasteiger partial charge >= 0.3 is 0 Å². The lowest BCUT2D eigenvalue weighted by Crippen LogP contribution is -2.33. The minimum absolute atomic E-state index is 0.737. The van der Waals surface area contributed by atoms with Crippen molar-refractivity contribution in [3.63, 3.8) is 0 Å². The average molecular weight is 303 g/mol. The van der Waals surface area contributed by atoms with Gasteiger partial charge in [-0.2, -0.15) is 0 Å². The number of rotatable bonds is 3. The quantitative estimate of drug-likeness (QED) is 0.766. The fourth-order valence-corrected chi connectivity index (χ4v) is 2.95. The minimum Gasteiger partial charge on any atom is -0.299 e. The van der Waals surface area contributed by atoms with E-state index in [1.54, 1.807) is 0 Å². The van der Waals surface area contributed by atoms with Crippen molar-refractivity contribution in [2.45, 2.75) is 19.4 Å². The maximum Gasteiger partial charge on any atom is 0.0252 e. The summed E-state index contributed by atoms with van der Waals surface area (Å²) in [5.41, 5.74) is 1.39. The number of likely N-dealkylation sites (tertiary alicyclic amines) is 1. The predicted octanol–water partition coefficient (Wildman–Crippen LogP) is 3.90. The number of alkyl halides is 1. The number of halogens is 2. The van der Waals surface area contributed by atoms with E-state index in [4.69, 9.17) is 11.6 Å². The first-order valence-electron chi connectivity index (χ1n) is 5.80. The Balaban J connectivity index is 1.87. The summed E-state index contributed by atoms with van der Waals surface area (Å²) in [5.74, 6) is 1.56. The van der Waals surface area contributed by atoms with Crippen LogP contribution in [0.1, 0.15) is 18.4 Å². The molecule has 1 saturated heterocycles. The normalized spacial score (nSPS) is 18.9. The lowest BCUT2D eigenvalue weighted by molar-refractivity contribution is 0.186. The molecule has 1 fully saturated rings. The Hall–Kier alpha value is -0.0500. The van der Waals surface area contributed by atoms with E-state index in [0.717, 1.165) is 18.3 Å². The van der Waals surface area contributed by atoms with E-state index in [1.165, 1.54) is 36.0 Å². The van der Waals surface area contributed by atoms with Crippen molar-refractivity contribution in [1.29, 1.82) is 0 Å². The molecule has 0 radical (unpaired) electrons. The molecular formula is C13H17BrClN. The van der Waals surface area contributed by atoms with Gasteiger partial charge in [0.25, 0.3) is 0 Å². The van der Waals surface area contributed by atoms with Gasteiger partial charge in [0, 0.05) is 16.9 Å². The Morgan fingerprint density at radius 2 is 2.06 bits per heavy atom. The third-order valence-corrected chi connectivity index (χ3v) is 4.15. The van der Waals surface area contributed by atoms with Crippen LogP contribution in [0.3, 0.4) is 0 Å². The van der Waals surface area contributed by atoms with Crippen LogP contribution < -0.4 is 0 Å². The molecule has 1 aromatic carbocycles. The summed E-state index contributed by atoms with van der Waals surface area (Å²) in [7, 11) is 0. The van der Waals surface area contributed by atoms with Crippen molar-refractivity contribution in [2.24, 2.45) is 5.92 Å². The Bertz CT molecular complexity index is 334. The Kier molecular flexibility index (Phi) is 4.68. The van der Waals surface area contributed by atoms with E-state index in [2.05, 4.69) is 45.1 Å². The van der Waals surface area contributed by atoms with Gasteiger partial charge in [0.05, 0.1) is 0 Å². The molecule has 1 aliphatic heterocycles. The van der Waals surface area contributed by atoms with Crippen LogP contribution in [0.2, 0.25) is 0 Å². The van der Waals surface area contributed by atoms with Crippen LogP contribution in [0, 0.1) is 5.92 Å². The average Bonchev–Trinajstić information content (AvgIpc) is 2.30. The van der Waals surface area contributed by atoms with Crippen molar-refractivity contribution in [3.8, 4) is 0 Å². The van der Waals surface area contributed by atoms with Gasteiger partial charge in [-0.15, -0.1) is 11.6 Å². The predicted molar refractivity (Wildman–Crippen MR) is 72.9 cm³/mol. The van der Waals surface area contributed by atoms with Gasteiger partial charge in [0.1, 0.15) is 0 Å². The lowest BCUT2D eigenvalue weighted by atomic mass is 9.98. The minimum atomic E-state index is 0.737. The van der Waals surface area contributed by atoms with Crippen LogP contribution in [0.15, 0.2) is 28.7 Å². The van der Waals surface area contributed by atoms with Gasteiger partial charge in [-0.25, -0.2) is 0 Å². The Morgan fingerprint density at radius 1 is 1.31 bits per heavy atom. The summed E-state index contributed by atoms with van der Waals surface area (Å²) in [4.78, 5) is 2.52. The molecule has 1 aromatic rings. The van der Waals surface area contributed by atoms with Crippen molar-refractivity contribution in [1.82, 2.24) is 4.90 Å². The molecule has 2 rings (SSSR count). The maximum atomic E-state index is 5.88. The topological polar surface area (TPSA) is 3.24 Å². The van der Waals surface area contributed by atoms with E-state index in [-0.39, 0.29) is 0 Å². The number of hydrogen-bond donors (Lipinski definition) is 0. The van der Waals surface area contributed by atoms with Gasteiger partial charge in [-0.05, 0) is 49.5 Å². The molecule has 0 aliphatic carbocycles. The first-order chi connectivity index (χ1) is 7.78. The monoisotopic (exact) mass is 301 g/mol. The van der Waals surface area contributed by atoms with Gasteiger partial charge < -0.3 is 0 Å². The summed E-state index contributed by atoms with van der Waals surface area (Å²) in [6.45, 7) is 3.43. The number of hydrogen-bond acceptors (Lipinski definition) is 1. The summed E-state index contributed by atoms with van der Waals surface area (Å²) in [6, 6.07) is 8.57. The lowest BCUT2D eigenvalue weighted by Gasteiger charge is -2.31. The zero-order valence-electron chi connectivity index (χ0n) is 9.33. The van der Waals surface area contributed by atoms with Crippen LogP contribution >= 0.6 is 27.5 Å². The molecule has 0 atom stereocenters. The smallest absolute Gasteiger partial charge is 0.0252 e. The molecule has 1 aliphatic rings. The summed E-state index contributed by atoms with van der Waals surface area (Å²) in [5, 5.41) is 0. The third-order valence-electron chi connectivity index (χ3n) is 3.22. The molecule has 1 nitrogen and oxygen atoms in total. The van der Waals surface area contributed by atoms with Gasteiger partial charge in [0.15, 0.2) is 0 Å².